The number of rotatable bonds is 5. The Morgan fingerprint density at radius 1 is 1.00 bits per heavy atom. The molecular formula is C22H27NO4. The minimum absolute atomic E-state index is 0.0209. The van der Waals surface area contributed by atoms with Gasteiger partial charge in [-0.05, 0) is 49.1 Å². The molecule has 2 aliphatic rings. The summed E-state index contributed by atoms with van der Waals surface area (Å²) in [6.07, 6.45) is 8.74. The fourth-order valence-electron chi connectivity index (χ4n) is 3.97. The lowest BCUT2D eigenvalue weighted by atomic mass is 9.89. The molecule has 1 amide bonds. The molecule has 27 heavy (non-hydrogen) atoms. The highest BCUT2D eigenvalue weighted by Crippen LogP contribution is 2.31. The van der Waals surface area contributed by atoms with Crippen LogP contribution >= 0.6 is 0 Å². The number of furan rings is 1. The molecular weight excluding hydrogens is 342 g/mol. The van der Waals surface area contributed by atoms with Crippen molar-refractivity contribution < 1.29 is 18.7 Å². The first-order chi connectivity index (χ1) is 13.3. The van der Waals surface area contributed by atoms with Gasteiger partial charge in [-0.25, -0.2) is 0 Å². The van der Waals surface area contributed by atoms with Gasteiger partial charge >= 0.3 is 0 Å². The summed E-state index contributed by atoms with van der Waals surface area (Å²) in [6.45, 7) is 2.53. The van der Waals surface area contributed by atoms with Gasteiger partial charge in [0.1, 0.15) is 5.76 Å². The summed E-state index contributed by atoms with van der Waals surface area (Å²) in [5.74, 6) is 2.78. The average Bonchev–Trinajstić information content (AvgIpc) is 3.10. The van der Waals surface area contributed by atoms with Gasteiger partial charge in [0, 0.05) is 18.5 Å². The van der Waals surface area contributed by atoms with E-state index in [1.54, 1.807) is 6.26 Å². The third-order valence-electron chi connectivity index (χ3n) is 5.41. The topological polar surface area (TPSA) is 51.9 Å². The molecule has 2 heterocycles. The highest BCUT2D eigenvalue weighted by atomic mass is 16.5. The molecule has 5 heteroatoms. The zero-order valence-corrected chi connectivity index (χ0v) is 15.7. The predicted molar refractivity (Wildman–Crippen MR) is 102 cm³/mol. The van der Waals surface area contributed by atoms with E-state index in [0.29, 0.717) is 42.7 Å². The van der Waals surface area contributed by atoms with Crippen LogP contribution in [0.5, 0.6) is 11.5 Å². The maximum absolute atomic E-state index is 13.3. The number of carbonyl (C=O) groups excluding carboxylic acids is 1. The van der Waals surface area contributed by atoms with Crippen molar-refractivity contribution in [3.05, 3.63) is 47.9 Å². The zero-order valence-electron chi connectivity index (χ0n) is 15.7. The number of fused-ring (bicyclic) bond motifs is 1. The quantitative estimate of drug-likeness (QED) is 0.769. The van der Waals surface area contributed by atoms with Crippen molar-refractivity contribution in [1.82, 2.24) is 4.90 Å². The summed E-state index contributed by atoms with van der Waals surface area (Å²) >= 11 is 0. The lowest BCUT2D eigenvalue weighted by molar-refractivity contribution is 0.0685. The van der Waals surface area contributed by atoms with Crippen molar-refractivity contribution in [2.75, 3.05) is 19.8 Å². The van der Waals surface area contributed by atoms with Gasteiger partial charge in [-0.3, -0.25) is 4.79 Å². The van der Waals surface area contributed by atoms with Crippen LogP contribution in [0.4, 0.5) is 0 Å². The third kappa shape index (κ3) is 4.46. The normalized spacial score (nSPS) is 17.3. The molecule has 2 aromatic rings. The number of carbonyl (C=O) groups is 1. The molecule has 4 rings (SSSR count). The third-order valence-corrected chi connectivity index (χ3v) is 5.41. The van der Waals surface area contributed by atoms with Gasteiger partial charge in [-0.2, -0.15) is 0 Å². The van der Waals surface area contributed by atoms with Crippen LogP contribution in [0.1, 0.15) is 54.6 Å². The van der Waals surface area contributed by atoms with E-state index < -0.39 is 0 Å². The Labute approximate surface area is 160 Å². The fourth-order valence-corrected chi connectivity index (χ4v) is 3.97. The second-order valence-electron chi connectivity index (χ2n) is 7.48. The van der Waals surface area contributed by atoms with Crippen LogP contribution in [0.3, 0.4) is 0 Å². The van der Waals surface area contributed by atoms with E-state index in [2.05, 4.69) is 0 Å². The maximum Gasteiger partial charge on any atom is 0.254 e. The molecule has 0 saturated heterocycles. The van der Waals surface area contributed by atoms with E-state index in [0.717, 1.165) is 18.7 Å². The molecule has 0 spiro atoms. The zero-order chi connectivity index (χ0) is 18.5. The Balaban J connectivity index is 1.54. The monoisotopic (exact) mass is 369 g/mol. The van der Waals surface area contributed by atoms with Crippen LogP contribution in [0, 0.1) is 5.92 Å². The number of ether oxygens (including phenoxy) is 2. The largest absolute Gasteiger partial charge is 0.490 e. The Kier molecular flexibility index (Phi) is 5.66. The van der Waals surface area contributed by atoms with E-state index in [4.69, 9.17) is 13.9 Å². The first kappa shape index (κ1) is 18.0. The van der Waals surface area contributed by atoms with E-state index in [1.165, 1.54) is 32.1 Å². The molecule has 0 unspecified atom stereocenters. The maximum atomic E-state index is 13.3. The molecule has 5 nitrogen and oxygen atoms in total. The number of nitrogens with zero attached hydrogens (tertiary/aromatic N) is 1. The second kappa shape index (κ2) is 8.51. The summed E-state index contributed by atoms with van der Waals surface area (Å²) in [7, 11) is 0. The Morgan fingerprint density at radius 3 is 2.59 bits per heavy atom. The molecule has 0 atom stereocenters. The molecule has 1 aromatic carbocycles. The van der Waals surface area contributed by atoms with Crippen molar-refractivity contribution in [2.45, 2.75) is 45.1 Å². The van der Waals surface area contributed by atoms with Gasteiger partial charge in [-0.1, -0.05) is 19.3 Å². The van der Waals surface area contributed by atoms with Gasteiger partial charge in [0.25, 0.3) is 5.91 Å². The van der Waals surface area contributed by atoms with Gasteiger partial charge in [0.2, 0.25) is 0 Å². The highest BCUT2D eigenvalue weighted by Gasteiger charge is 2.24. The van der Waals surface area contributed by atoms with Crippen LogP contribution in [0.15, 0.2) is 41.0 Å². The first-order valence-corrected chi connectivity index (χ1v) is 10.0. The highest BCUT2D eigenvalue weighted by molar-refractivity contribution is 5.95. The Hall–Kier alpha value is -2.43. The summed E-state index contributed by atoms with van der Waals surface area (Å²) in [5.41, 5.74) is 0.640. The molecule has 144 valence electrons. The minimum atomic E-state index is 0.0209. The van der Waals surface area contributed by atoms with Crippen LogP contribution in [-0.4, -0.2) is 30.6 Å². The summed E-state index contributed by atoms with van der Waals surface area (Å²) in [5, 5.41) is 0. The fraction of sp³-hybridized carbons (Fsp3) is 0.500. The summed E-state index contributed by atoms with van der Waals surface area (Å²) < 4.78 is 17.0. The van der Waals surface area contributed by atoms with Crippen molar-refractivity contribution >= 4 is 5.91 Å². The number of hydrogen-bond donors (Lipinski definition) is 0. The van der Waals surface area contributed by atoms with Crippen LogP contribution in [-0.2, 0) is 6.54 Å². The van der Waals surface area contributed by atoms with Crippen LogP contribution in [0.25, 0.3) is 0 Å². The molecule has 1 aromatic heterocycles. The van der Waals surface area contributed by atoms with Crippen molar-refractivity contribution in [1.29, 1.82) is 0 Å². The number of hydrogen-bond acceptors (Lipinski definition) is 4. The van der Waals surface area contributed by atoms with E-state index in [1.807, 2.05) is 35.2 Å². The van der Waals surface area contributed by atoms with E-state index in [9.17, 15) is 4.79 Å². The van der Waals surface area contributed by atoms with E-state index in [-0.39, 0.29) is 5.91 Å². The van der Waals surface area contributed by atoms with Gasteiger partial charge < -0.3 is 18.8 Å². The second-order valence-corrected chi connectivity index (χ2v) is 7.48. The molecule has 1 aliphatic carbocycles. The Bertz CT molecular complexity index is 750. The minimum Gasteiger partial charge on any atom is -0.490 e. The molecule has 1 saturated carbocycles. The molecule has 0 bridgehead atoms. The summed E-state index contributed by atoms with van der Waals surface area (Å²) in [6, 6.07) is 9.30. The van der Waals surface area contributed by atoms with Gasteiger partial charge in [-0.15, -0.1) is 0 Å². The standard InChI is InChI=1S/C22H27NO4/c24-22(18-9-10-20-21(14-18)27-13-5-12-26-20)23(16-19-8-4-11-25-19)15-17-6-2-1-3-7-17/h4,8-11,14,17H,1-3,5-7,12-13,15-16H2. The molecule has 0 radical (unpaired) electrons. The lowest BCUT2D eigenvalue weighted by Crippen LogP contribution is -2.35. The van der Waals surface area contributed by atoms with E-state index >= 15 is 0 Å². The molecule has 1 aliphatic heterocycles. The van der Waals surface area contributed by atoms with Crippen molar-refractivity contribution in [3.8, 4) is 11.5 Å². The van der Waals surface area contributed by atoms with Crippen LogP contribution in [0.2, 0.25) is 0 Å². The van der Waals surface area contributed by atoms with Crippen LogP contribution < -0.4 is 9.47 Å². The molecule has 1 fully saturated rings. The van der Waals surface area contributed by atoms with Crippen molar-refractivity contribution in [3.63, 3.8) is 0 Å². The van der Waals surface area contributed by atoms with Crippen molar-refractivity contribution in [2.24, 2.45) is 5.92 Å². The first-order valence-electron chi connectivity index (χ1n) is 10.0. The average molecular weight is 369 g/mol. The number of benzene rings is 1. The summed E-state index contributed by atoms with van der Waals surface area (Å²) in [4.78, 5) is 15.2. The van der Waals surface area contributed by atoms with Gasteiger partial charge in [0.05, 0.1) is 26.0 Å². The molecule has 0 N–H and O–H groups in total. The lowest BCUT2D eigenvalue weighted by Gasteiger charge is -2.29. The Morgan fingerprint density at radius 2 is 1.81 bits per heavy atom. The predicted octanol–water partition coefficient (Wildman–Crippen LogP) is 4.66. The smallest absolute Gasteiger partial charge is 0.254 e. The number of amides is 1. The van der Waals surface area contributed by atoms with Gasteiger partial charge in [0.15, 0.2) is 11.5 Å². The SMILES string of the molecule is O=C(c1ccc2c(c1)OCCCO2)N(Cc1ccco1)CC1CCCCC1.